The summed E-state index contributed by atoms with van der Waals surface area (Å²) >= 11 is 1.45. The third-order valence-corrected chi connectivity index (χ3v) is 7.49. The highest BCUT2D eigenvalue weighted by Crippen LogP contribution is 2.38. The van der Waals surface area contributed by atoms with Crippen molar-refractivity contribution in [1.29, 1.82) is 5.26 Å². The second-order valence-electron chi connectivity index (χ2n) is 9.18. The average molecular weight is 509 g/mol. The molecule has 3 heterocycles. The second-order valence-corrected chi connectivity index (χ2v) is 10.1. The van der Waals surface area contributed by atoms with Gasteiger partial charge in [-0.05, 0) is 55.0 Å². The molecule has 0 unspecified atom stereocenters. The molecule has 186 valence electrons. The van der Waals surface area contributed by atoms with Crippen LogP contribution >= 0.6 is 11.3 Å². The third-order valence-electron chi connectivity index (χ3n) is 6.59. The lowest BCUT2D eigenvalue weighted by molar-refractivity contribution is 0.0642. The Morgan fingerprint density at radius 1 is 1.14 bits per heavy atom. The maximum atomic E-state index is 13.9. The highest BCUT2D eigenvalue weighted by atomic mass is 32.1. The van der Waals surface area contributed by atoms with Crippen molar-refractivity contribution in [2.24, 2.45) is 0 Å². The highest BCUT2D eigenvalue weighted by Gasteiger charge is 2.30. The number of aryl methyl sites for hydroxylation is 2. The number of carbonyl (C=O) groups is 1. The van der Waals surface area contributed by atoms with Crippen LogP contribution in [-0.2, 0) is 6.42 Å². The van der Waals surface area contributed by atoms with Gasteiger partial charge >= 0.3 is 0 Å². The van der Waals surface area contributed by atoms with Crippen LogP contribution in [0.5, 0.6) is 11.6 Å². The molecule has 0 bridgehead atoms. The van der Waals surface area contributed by atoms with Gasteiger partial charge < -0.3 is 15.0 Å². The Hall–Kier alpha value is -3.99. The van der Waals surface area contributed by atoms with Crippen LogP contribution in [0.1, 0.15) is 32.1 Å². The van der Waals surface area contributed by atoms with E-state index in [1.807, 2.05) is 78.7 Å². The number of ether oxygens (including phenoxy) is 1. The number of hydrogen-bond acceptors (Lipinski definition) is 6. The van der Waals surface area contributed by atoms with E-state index in [2.05, 4.69) is 28.5 Å². The van der Waals surface area contributed by atoms with Crippen molar-refractivity contribution in [3.8, 4) is 28.8 Å². The topological polar surface area (TPSA) is 78.2 Å². The van der Waals surface area contributed by atoms with Gasteiger partial charge in [0.2, 0.25) is 5.88 Å². The van der Waals surface area contributed by atoms with Crippen molar-refractivity contribution in [3.05, 3.63) is 99.4 Å². The Morgan fingerprint density at radius 2 is 1.92 bits per heavy atom. The summed E-state index contributed by atoms with van der Waals surface area (Å²) in [6.07, 6.45) is 0.801. The van der Waals surface area contributed by atoms with Gasteiger partial charge in [0.25, 0.3) is 5.91 Å². The Balaban J connectivity index is 1.47. The van der Waals surface area contributed by atoms with Gasteiger partial charge in [0.05, 0.1) is 4.88 Å². The highest BCUT2D eigenvalue weighted by molar-refractivity contribution is 7.12. The minimum absolute atomic E-state index is 0.0319. The normalized spacial score (nSPS) is 15.3. The van der Waals surface area contributed by atoms with Crippen molar-refractivity contribution in [2.75, 3.05) is 19.6 Å². The first kappa shape index (κ1) is 24.7. The van der Waals surface area contributed by atoms with Gasteiger partial charge in [-0.2, -0.15) is 5.26 Å². The van der Waals surface area contributed by atoms with Crippen molar-refractivity contribution >= 4 is 17.2 Å². The van der Waals surface area contributed by atoms with E-state index < -0.39 is 0 Å². The fourth-order valence-corrected chi connectivity index (χ4v) is 5.67. The van der Waals surface area contributed by atoms with E-state index >= 15 is 0 Å². The van der Waals surface area contributed by atoms with Crippen LogP contribution < -0.4 is 10.1 Å². The van der Waals surface area contributed by atoms with Gasteiger partial charge in [-0.1, -0.05) is 48.5 Å². The molecule has 0 saturated carbocycles. The number of thiophene rings is 1. The van der Waals surface area contributed by atoms with E-state index in [0.29, 0.717) is 22.7 Å². The van der Waals surface area contributed by atoms with Crippen LogP contribution in [0, 0.1) is 25.2 Å². The molecule has 37 heavy (non-hydrogen) atoms. The molecule has 0 radical (unpaired) electrons. The van der Waals surface area contributed by atoms with Crippen LogP contribution in [0.4, 0.5) is 0 Å². The summed E-state index contributed by atoms with van der Waals surface area (Å²) in [5.74, 6) is 0.871. The van der Waals surface area contributed by atoms with Gasteiger partial charge in [-0.15, -0.1) is 11.3 Å². The summed E-state index contributed by atoms with van der Waals surface area (Å²) in [6.45, 7) is 5.94. The molecule has 0 spiro atoms. The van der Waals surface area contributed by atoms with Crippen LogP contribution in [-0.4, -0.2) is 41.5 Å². The number of nitrogens with zero attached hydrogens (tertiary/aromatic N) is 3. The number of benzene rings is 2. The van der Waals surface area contributed by atoms with Crippen LogP contribution in [0.15, 0.2) is 72.1 Å². The number of nitriles is 1. The number of para-hydroxylation sites is 1. The second kappa shape index (κ2) is 11.0. The maximum absolute atomic E-state index is 13.9. The Morgan fingerprint density at radius 3 is 2.73 bits per heavy atom. The number of nitrogens with one attached hydrogen (secondary N) is 1. The molecular weight excluding hydrogens is 480 g/mol. The minimum atomic E-state index is 0.0319. The first-order chi connectivity index (χ1) is 18.0. The lowest BCUT2D eigenvalue weighted by atomic mass is 10.0. The molecule has 4 aromatic rings. The Bertz CT molecular complexity index is 1460. The molecule has 1 aliphatic heterocycles. The quantitative estimate of drug-likeness (QED) is 0.359. The Labute approximate surface area is 221 Å². The van der Waals surface area contributed by atoms with E-state index in [-0.39, 0.29) is 17.8 Å². The average Bonchev–Trinajstić information content (AvgIpc) is 3.39. The van der Waals surface area contributed by atoms with Crippen molar-refractivity contribution in [3.63, 3.8) is 0 Å². The molecule has 1 N–H and O–H groups in total. The number of aromatic nitrogens is 1. The lowest BCUT2D eigenvalue weighted by Gasteiger charge is -2.36. The molecule has 1 atom stereocenters. The maximum Gasteiger partial charge on any atom is 0.264 e. The van der Waals surface area contributed by atoms with E-state index in [1.165, 1.54) is 16.9 Å². The molecular formula is C30H28N4O2S. The summed E-state index contributed by atoms with van der Waals surface area (Å²) < 4.78 is 6.23. The molecule has 6 nitrogen and oxygen atoms in total. The summed E-state index contributed by atoms with van der Waals surface area (Å²) in [5.41, 5.74) is 4.84. The molecule has 1 amide bonds. The van der Waals surface area contributed by atoms with E-state index in [4.69, 9.17) is 4.74 Å². The predicted octanol–water partition coefficient (Wildman–Crippen LogP) is 5.75. The molecule has 1 fully saturated rings. The number of rotatable bonds is 6. The van der Waals surface area contributed by atoms with Crippen LogP contribution in [0.2, 0.25) is 0 Å². The SMILES string of the molecule is Cc1cc(C)c(C#N)c(Oc2ccccc2-c2ccsc2C(=O)N2CCNC[C@H]2Cc2ccccc2)n1. The smallest absolute Gasteiger partial charge is 0.264 e. The Kier molecular flexibility index (Phi) is 7.31. The molecule has 2 aromatic carbocycles. The zero-order valence-electron chi connectivity index (χ0n) is 20.9. The number of piperazine rings is 1. The summed E-state index contributed by atoms with van der Waals surface area (Å²) in [6, 6.07) is 24.0. The number of pyridine rings is 1. The number of carbonyl (C=O) groups excluding carboxylic acids is 1. The summed E-state index contributed by atoms with van der Waals surface area (Å²) in [5, 5.41) is 15.1. The lowest BCUT2D eigenvalue weighted by Crippen LogP contribution is -2.54. The fraction of sp³-hybridized carbons (Fsp3) is 0.233. The molecule has 2 aromatic heterocycles. The zero-order chi connectivity index (χ0) is 25.8. The van der Waals surface area contributed by atoms with Crippen molar-refractivity contribution in [1.82, 2.24) is 15.2 Å². The monoisotopic (exact) mass is 508 g/mol. The number of hydrogen-bond donors (Lipinski definition) is 1. The fourth-order valence-electron chi connectivity index (χ4n) is 4.81. The zero-order valence-corrected chi connectivity index (χ0v) is 21.7. The van der Waals surface area contributed by atoms with Crippen molar-refractivity contribution in [2.45, 2.75) is 26.3 Å². The van der Waals surface area contributed by atoms with Crippen LogP contribution in [0.3, 0.4) is 0 Å². The van der Waals surface area contributed by atoms with E-state index in [9.17, 15) is 10.1 Å². The largest absolute Gasteiger partial charge is 0.437 e. The first-order valence-electron chi connectivity index (χ1n) is 12.3. The van der Waals surface area contributed by atoms with Gasteiger partial charge in [0, 0.05) is 42.5 Å². The predicted molar refractivity (Wildman–Crippen MR) is 146 cm³/mol. The standard InChI is InChI=1S/C30H28N4O2S/c1-20-16-21(2)33-29(26(20)18-31)36-27-11-7-6-10-24(27)25-12-15-37-28(25)30(35)34-14-13-32-19-23(34)17-22-8-4-3-5-9-22/h3-12,15-16,23,32H,13-14,17,19H2,1-2H3/t23-/m1/s1. The minimum Gasteiger partial charge on any atom is -0.437 e. The summed E-state index contributed by atoms with van der Waals surface area (Å²) in [4.78, 5) is 21.1. The van der Waals surface area contributed by atoms with Gasteiger partial charge in [0.15, 0.2) is 0 Å². The van der Waals surface area contributed by atoms with Gasteiger partial charge in [-0.25, -0.2) is 4.98 Å². The molecule has 1 saturated heterocycles. The third kappa shape index (κ3) is 5.26. The first-order valence-corrected chi connectivity index (χ1v) is 13.2. The van der Waals surface area contributed by atoms with Gasteiger partial charge in [-0.3, -0.25) is 4.79 Å². The van der Waals surface area contributed by atoms with Crippen LogP contribution in [0.25, 0.3) is 11.1 Å². The molecule has 7 heteroatoms. The molecule has 1 aliphatic rings. The molecule has 5 rings (SSSR count). The van der Waals surface area contributed by atoms with E-state index in [0.717, 1.165) is 41.9 Å². The molecule has 0 aliphatic carbocycles. The summed E-state index contributed by atoms with van der Waals surface area (Å²) in [7, 11) is 0. The van der Waals surface area contributed by atoms with E-state index in [1.54, 1.807) is 0 Å². The van der Waals surface area contributed by atoms with Crippen molar-refractivity contribution < 1.29 is 9.53 Å². The number of amides is 1. The van der Waals surface area contributed by atoms with Gasteiger partial charge in [0.1, 0.15) is 17.4 Å².